The van der Waals surface area contributed by atoms with Crippen LogP contribution in [0.15, 0.2) is 0 Å². The van der Waals surface area contributed by atoms with Gasteiger partial charge in [-0.05, 0) is 0 Å². The fraction of sp³-hybridized carbons (Fsp3) is 0.778. The lowest BCUT2D eigenvalue weighted by atomic mass is 10.3. The third kappa shape index (κ3) is 3.53. The Morgan fingerprint density at radius 2 is 1.56 bits per heavy atom. The highest BCUT2D eigenvalue weighted by molar-refractivity contribution is 5.85. The molecule has 16 heavy (non-hydrogen) atoms. The number of piperazine rings is 1. The van der Waals surface area contributed by atoms with Crippen molar-refractivity contribution in [3.63, 3.8) is 0 Å². The highest BCUT2D eigenvalue weighted by Gasteiger charge is 2.23. The van der Waals surface area contributed by atoms with E-state index in [9.17, 15) is 9.59 Å². The summed E-state index contributed by atoms with van der Waals surface area (Å²) < 4.78 is 0. The van der Waals surface area contributed by atoms with Crippen LogP contribution in [0.1, 0.15) is 0 Å². The largest absolute Gasteiger partial charge is 0.338 e. The number of carbonyl (C=O) groups is 2. The van der Waals surface area contributed by atoms with Gasteiger partial charge in [0.2, 0.25) is 5.91 Å². The Balaban J connectivity index is 0.00000225. The topological polar surface area (TPSA) is 69.9 Å². The van der Waals surface area contributed by atoms with Crippen molar-refractivity contribution in [3.05, 3.63) is 0 Å². The monoisotopic (exact) mass is 250 g/mol. The van der Waals surface area contributed by atoms with Crippen LogP contribution in [0.4, 0.5) is 4.79 Å². The van der Waals surface area contributed by atoms with Crippen molar-refractivity contribution in [2.24, 2.45) is 5.73 Å². The molecule has 1 aliphatic heterocycles. The minimum atomic E-state index is -0.0491. The summed E-state index contributed by atoms with van der Waals surface area (Å²) in [6.45, 7) is 2.37. The molecule has 1 saturated heterocycles. The molecule has 6 nitrogen and oxygen atoms in total. The fourth-order valence-corrected chi connectivity index (χ4v) is 1.56. The Morgan fingerprint density at radius 3 is 1.94 bits per heavy atom. The summed E-state index contributed by atoms with van der Waals surface area (Å²) in [5, 5.41) is 0. The minimum absolute atomic E-state index is 0. The number of urea groups is 1. The lowest BCUT2D eigenvalue weighted by molar-refractivity contribution is -0.131. The van der Waals surface area contributed by atoms with Gasteiger partial charge in [-0.2, -0.15) is 0 Å². The summed E-state index contributed by atoms with van der Waals surface area (Å²) in [4.78, 5) is 27.8. The second-order valence-electron chi connectivity index (χ2n) is 3.75. The van der Waals surface area contributed by atoms with Gasteiger partial charge < -0.3 is 20.4 Å². The standard InChI is InChI=1S/C9H18N4O2.ClH/c1-11(2)9(15)13-5-3-12(4-6-13)8(14)7-10;/h3-7,10H2,1-2H3;1H. The van der Waals surface area contributed by atoms with Gasteiger partial charge in [-0.25, -0.2) is 4.79 Å². The molecule has 0 saturated carbocycles. The molecular weight excluding hydrogens is 232 g/mol. The third-order valence-corrected chi connectivity index (χ3v) is 2.46. The zero-order valence-corrected chi connectivity index (χ0v) is 10.5. The van der Waals surface area contributed by atoms with Gasteiger partial charge in [-0.1, -0.05) is 0 Å². The Morgan fingerprint density at radius 1 is 1.12 bits per heavy atom. The van der Waals surface area contributed by atoms with Gasteiger partial charge in [0.25, 0.3) is 0 Å². The van der Waals surface area contributed by atoms with Crippen molar-refractivity contribution in [2.45, 2.75) is 0 Å². The van der Waals surface area contributed by atoms with Gasteiger partial charge >= 0.3 is 6.03 Å². The van der Waals surface area contributed by atoms with E-state index in [0.717, 1.165) is 0 Å². The summed E-state index contributed by atoms with van der Waals surface area (Å²) in [5.41, 5.74) is 5.27. The SMILES string of the molecule is CN(C)C(=O)N1CCN(C(=O)CN)CC1.Cl. The summed E-state index contributed by atoms with van der Waals surface area (Å²) in [6.07, 6.45) is 0. The number of nitrogens with zero attached hydrogens (tertiary/aromatic N) is 3. The quantitative estimate of drug-likeness (QED) is 0.662. The highest BCUT2D eigenvalue weighted by atomic mass is 35.5. The average molecular weight is 251 g/mol. The van der Waals surface area contributed by atoms with Gasteiger partial charge in [0.1, 0.15) is 0 Å². The van der Waals surface area contributed by atoms with Gasteiger partial charge in [-0.3, -0.25) is 4.79 Å². The first-order chi connectivity index (χ1) is 7.06. The summed E-state index contributed by atoms with van der Waals surface area (Å²) in [7, 11) is 3.44. The van der Waals surface area contributed by atoms with Gasteiger partial charge in [-0.15, -0.1) is 12.4 Å². The molecule has 0 spiro atoms. The van der Waals surface area contributed by atoms with Crippen LogP contribution in [0.25, 0.3) is 0 Å². The summed E-state index contributed by atoms with van der Waals surface area (Å²) in [5.74, 6) is -0.0491. The number of hydrogen-bond acceptors (Lipinski definition) is 3. The van der Waals surface area contributed by atoms with Crippen LogP contribution < -0.4 is 5.73 Å². The van der Waals surface area contributed by atoms with Crippen molar-refractivity contribution in [3.8, 4) is 0 Å². The Labute approximate surface area is 102 Å². The normalized spacial score (nSPS) is 15.4. The first kappa shape index (κ1) is 15.0. The van der Waals surface area contributed by atoms with Gasteiger partial charge in [0, 0.05) is 40.3 Å². The van der Waals surface area contributed by atoms with E-state index < -0.39 is 0 Å². The molecule has 0 aliphatic carbocycles. The maximum Gasteiger partial charge on any atom is 0.319 e. The van der Waals surface area contributed by atoms with E-state index in [4.69, 9.17) is 5.73 Å². The van der Waals surface area contributed by atoms with Gasteiger partial charge in [0.15, 0.2) is 0 Å². The van der Waals surface area contributed by atoms with E-state index in [1.54, 1.807) is 28.8 Å². The van der Waals surface area contributed by atoms with Crippen molar-refractivity contribution in [2.75, 3.05) is 46.8 Å². The number of halogens is 1. The molecule has 7 heteroatoms. The van der Waals surface area contributed by atoms with Crippen molar-refractivity contribution in [1.29, 1.82) is 0 Å². The minimum Gasteiger partial charge on any atom is -0.338 e. The van der Waals surface area contributed by atoms with E-state index >= 15 is 0 Å². The van der Waals surface area contributed by atoms with Crippen LogP contribution in [0, 0.1) is 0 Å². The van der Waals surface area contributed by atoms with Crippen molar-refractivity contribution < 1.29 is 9.59 Å². The van der Waals surface area contributed by atoms with Crippen LogP contribution in [-0.2, 0) is 4.79 Å². The first-order valence-electron chi connectivity index (χ1n) is 5.00. The molecule has 0 atom stereocenters. The molecule has 0 unspecified atom stereocenters. The van der Waals surface area contributed by atoms with Crippen LogP contribution >= 0.6 is 12.4 Å². The molecule has 0 aromatic carbocycles. The second-order valence-corrected chi connectivity index (χ2v) is 3.75. The molecule has 3 amide bonds. The number of amides is 3. The van der Waals surface area contributed by atoms with E-state index in [2.05, 4.69) is 0 Å². The average Bonchev–Trinajstić information content (AvgIpc) is 2.27. The molecule has 94 valence electrons. The summed E-state index contributed by atoms with van der Waals surface area (Å²) >= 11 is 0. The maximum absolute atomic E-state index is 11.6. The molecule has 1 rings (SSSR count). The van der Waals surface area contributed by atoms with E-state index in [-0.39, 0.29) is 30.9 Å². The number of rotatable bonds is 1. The van der Waals surface area contributed by atoms with Crippen LogP contribution in [0.2, 0.25) is 0 Å². The third-order valence-electron chi connectivity index (χ3n) is 2.46. The van der Waals surface area contributed by atoms with Crippen molar-refractivity contribution in [1.82, 2.24) is 14.7 Å². The molecule has 1 heterocycles. The first-order valence-corrected chi connectivity index (χ1v) is 5.00. The zero-order valence-electron chi connectivity index (χ0n) is 9.68. The predicted octanol–water partition coefficient (Wildman–Crippen LogP) is -0.807. The van der Waals surface area contributed by atoms with Crippen LogP contribution in [0.5, 0.6) is 0 Å². The molecule has 0 radical (unpaired) electrons. The smallest absolute Gasteiger partial charge is 0.319 e. The second kappa shape index (κ2) is 6.55. The Bertz CT molecular complexity index is 252. The Kier molecular flexibility index (Phi) is 6.13. The lowest BCUT2D eigenvalue weighted by Gasteiger charge is -2.35. The molecule has 0 aromatic heterocycles. The molecule has 0 aromatic rings. The summed E-state index contributed by atoms with van der Waals surface area (Å²) in [6, 6.07) is -0.00477. The predicted molar refractivity (Wildman–Crippen MR) is 63.5 cm³/mol. The molecule has 0 bridgehead atoms. The lowest BCUT2D eigenvalue weighted by Crippen LogP contribution is -2.53. The number of carbonyl (C=O) groups excluding carboxylic acids is 2. The van der Waals surface area contributed by atoms with Crippen LogP contribution in [0.3, 0.4) is 0 Å². The number of hydrogen-bond donors (Lipinski definition) is 1. The van der Waals surface area contributed by atoms with E-state index in [1.165, 1.54) is 0 Å². The zero-order chi connectivity index (χ0) is 11.4. The van der Waals surface area contributed by atoms with Crippen molar-refractivity contribution >= 4 is 24.3 Å². The molecule has 2 N–H and O–H groups in total. The number of nitrogens with two attached hydrogens (primary N) is 1. The van der Waals surface area contributed by atoms with E-state index in [1.807, 2.05) is 0 Å². The fourth-order valence-electron chi connectivity index (χ4n) is 1.56. The molecule has 1 aliphatic rings. The van der Waals surface area contributed by atoms with E-state index in [0.29, 0.717) is 26.2 Å². The maximum atomic E-state index is 11.6. The Hall–Kier alpha value is -1.01. The molecular formula is C9H19ClN4O2. The van der Waals surface area contributed by atoms with Crippen LogP contribution in [-0.4, -0.2) is 73.5 Å². The highest BCUT2D eigenvalue weighted by Crippen LogP contribution is 2.03. The molecule has 1 fully saturated rings. The van der Waals surface area contributed by atoms with Gasteiger partial charge in [0.05, 0.1) is 6.54 Å².